The Morgan fingerprint density at radius 3 is 1.49 bits per heavy atom. The zero-order valence-corrected chi connectivity index (χ0v) is 30.0. The van der Waals surface area contributed by atoms with Crippen LogP contribution in [-0.4, -0.2) is 61.0 Å². The van der Waals surface area contributed by atoms with Crippen LogP contribution in [0.3, 0.4) is 0 Å². The van der Waals surface area contributed by atoms with Gasteiger partial charge in [-0.05, 0) is 116 Å². The van der Waals surface area contributed by atoms with E-state index in [2.05, 4.69) is 22.9 Å². The summed E-state index contributed by atoms with van der Waals surface area (Å²) in [7, 11) is 0. The van der Waals surface area contributed by atoms with Crippen molar-refractivity contribution in [3.05, 3.63) is 95.1 Å². The second-order valence-electron chi connectivity index (χ2n) is 13.4. The molecule has 0 bridgehead atoms. The van der Waals surface area contributed by atoms with E-state index in [0.717, 1.165) is 50.1 Å². The Balaban J connectivity index is 1.36. The number of halogens is 12. The summed E-state index contributed by atoms with van der Waals surface area (Å²) in [5.74, 6) is -35.3. The van der Waals surface area contributed by atoms with Crippen LogP contribution in [0.4, 0.5) is 52.7 Å². The smallest absolute Gasteiger partial charge is 0.384 e. The molecular weight excluding hydrogens is 756 g/mol. The Morgan fingerprint density at radius 2 is 1.02 bits per heavy atom. The minimum Gasteiger partial charge on any atom is -0.507 e. The minimum absolute atomic E-state index is 0.0195. The van der Waals surface area contributed by atoms with Gasteiger partial charge in [0.15, 0.2) is 0 Å². The molecule has 0 saturated carbocycles. The monoisotopic (exact) mass is 794 g/mol. The lowest BCUT2D eigenvalue weighted by molar-refractivity contribution is -0.415. The van der Waals surface area contributed by atoms with E-state index in [-0.39, 0.29) is 37.4 Å². The second kappa shape index (κ2) is 16.4. The first kappa shape index (κ1) is 43.3. The molecule has 300 valence electrons. The van der Waals surface area contributed by atoms with E-state index in [1.807, 2.05) is 64.1 Å². The van der Waals surface area contributed by atoms with Crippen molar-refractivity contribution in [2.24, 2.45) is 0 Å². The van der Waals surface area contributed by atoms with Crippen LogP contribution in [0.5, 0.6) is 11.5 Å². The number of aryl methyl sites for hydroxylation is 4. The molecule has 1 N–H and O–H groups in total. The number of aromatic hydroxyl groups is 1. The van der Waals surface area contributed by atoms with Crippen molar-refractivity contribution < 1.29 is 67.3 Å². The summed E-state index contributed by atoms with van der Waals surface area (Å²) >= 11 is 0. The molecule has 0 aliphatic carbocycles. The minimum atomic E-state index is -7.58. The molecule has 0 atom stereocenters. The van der Waals surface area contributed by atoms with Crippen molar-refractivity contribution in [1.29, 1.82) is 0 Å². The SMILES string of the molecule is Cc1ccc(-c2cc(-c3ccc(C)cc3C)cc(-c3ccc(OCCCCCOCC(F)(F)C(F)(F)C(F)(F)C(F)(F)C(F)(F)C(F)F)cc3O)c2)c(C)c1. The predicted octanol–water partition coefficient (Wildman–Crippen LogP) is 12.6. The molecule has 55 heavy (non-hydrogen) atoms. The summed E-state index contributed by atoms with van der Waals surface area (Å²) in [4.78, 5) is 0. The van der Waals surface area contributed by atoms with Gasteiger partial charge < -0.3 is 14.6 Å². The molecule has 15 heteroatoms. The molecule has 0 unspecified atom stereocenters. The molecule has 0 aromatic heterocycles. The van der Waals surface area contributed by atoms with Crippen molar-refractivity contribution >= 4 is 0 Å². The molecule has 3 nitrogen and oxygen atoms in total. The zero-order chi connectivity index (χ0) is 41.1. The van der Waals surface area contributed by atoms with Gasteiger partial charge in [0.05, 0.1) is 6.61 Å². The quantitative estimate of drug-likeness (QED) is 0.0855. The number of hydrogen-bond acceptors (Lipinski definition) is 3. The third-order valence-electron chi connectivity index (χ3n) is 9.02. The molecule has 0 aliphatic heterocycles. The lowest BCUT2D eigenvalue weighted by atomic mass is 9.89. The van der Waals surface area contributed by atoms with Gasteiger partial charge in [-0.3, -0.25) is 0 Å². The lowest BCUT2D eigenvalue weighted by Gasteiger charge is -2.39. The lowest BCUT2D eigenvalue weighted by Crippen LogP contribution is -2.69. The van der Waals surface area contributed by atoms with Gasteiger partial charge in [-0.2, -0.15) is 43.9 Å². The maximum atomic E-state index is 13.9. The summed E-state index contributed by atoms with van der Waals surface area (Å²) in [6.45, 7) is 4.73. The Labute approximate surface area is 309 Å². The Bertz CT molecular complexity index is 1890. The second-order valence-corrected chi connectivity index (χ2v) is 13.4. The number of benzene rings is 4. The highest BCUT2D eigenvalue weighted by atomic mass is 19.4. The van der Waals surface area contributed by atoms with Crippen molar-refractivity contribution in [2.45, 2.75) is 83.0 Å². The van der Waals surface area contributed by atoms with Crippen LogP contribution in [0.1, 0.15) is 41.5 Å². The van der Waals surface area contributed by atoms with E-state index in [1.54, 1.807) is 12.1 Å². The number of phenols is 1. The van der Waals surface area contributed by atoms with E-state index >= 15 is 0 Å². The molecule has 4 rings (SSSR count). The van der Waals surface area contributed by atoms with Crippen molar-refractivity contribution in [3.63, 3.8) is 0 Å². The van der Waals surface area contributed by atoms with Crippen LogP contribution in [0.2, 0.25) is 0 Å². The topological polar surface area (TPSA) is 38.7 Å². The van der Waals surface area contributed by atoms with Gasteiger partial charge >= 0.3 is 36.0 Å². The summed E-state index contributed by atoms with van der Waals surface area (Å²) in [5, 5.41) is 11.1. The number of alkyl halides is 12. The van der Waals surface area contributed by atoms with E-state index in [1.165, 1.54) is 6.07 Å². The van der Waals surface area contributed by atoms with Gasteiger partial charge in [-0.1, -0.05) is 47.5 Å². The molecule has 0 spiro atoms. The average molecular weight is 795 g/mol. The van der Waals surface area contributed by atoms with Gasteiger partial charge in [0.25, 0.3) is 0 Å². The van der Waals surface area contributed by atoms with E-state index in [4.69, 9.17) is 4.74 Å². The van der Waals surface area contributed by atoms with Crippen molar-refractivity contribution in [2.75, 3.05) is 19.8 Å². The van der Waals surface area contributed by atoms with Crippen LogP contribution in [0, 0.1) is 27.7 Å². The molecule has 0 saturated heterocycles. The van der Waals surface area contributed by atoms with E-state index in [0.29, 0.717) is 5.56 Å². The predicted molar refractivity (Wildman–Crippen MR) is 184 cm³/mol. The zero-order valence-electron chi connectivity index (χ0n) is 30.0. The van der Waals surface area contributed by atoms with Gasteiger partial charge in [-0.15, -0.1) is 0 Å². The first-order valence-electron chi connectivity index (χ1n) is 17.0. The molecule has 4 aromatic rings. The van der Waals surface area contributed by atoms with Gasteiger partial charge in [0, 0.05) is 18.2 Å². The maximum absolute atomic E-state index is 13.9. The molecular formula is C40H38F12O3. The summed E-state index contributed by atoms with van der Waals surface area (Å²) < 4.78 is 170. The third kappa shape index (κ3) is 8.86. The fourth-order valence-electron chi connectivity index (χ4n) is 5.95. The largest absolute Gasteiger partial charge is 0.507 e. The molecule has 0 amide bonds. The highest BCUT2D eigenvalue weighted by Gasteiger charge is 2.87. The number of unbranched alkanes of at least 4 members (excludes halogenated alkanes) is 2. The molecule has 0 fully saturated rings. The van der Waals surface area contributed by atoms with Crippen LogP contribution in [-0.2, 0) is 4.74 Å². The van der Waals surface area contributed by atoms with Crippen LogP contribution in [0.15, 0.2) is 72.8 Å². The van der Waals surface area contributed by atoms with Gasteiger partial charge in [0.2, 0.25) is 0 Å². The normalized spacial score (nSPS) is 13.1. The first-order valence-corrected chi connectivity index (χ1v) is 17.0. The number of phenolic OH excluding ortho intramolecular Hbond substituents is 1. The fraction of sp³-hybridized carbons (Fsp3) is 0.400. The summed E-state index contributed by atoms with van der Waals surface area (Å²) in [5.41, 5.74) is 9.59. The number of rotatable bonds is 17. The summed E-state index contributed by atoms with van der Waals surface area (Å²) in [6.07, 6.45) is -5.32. The average Bonchev–Trinajstić information content (AvgIpc) is 3.08. The number of hydrogen-bond donors (Lipinski definition) is 1. The van der Waals surface area contributed by atoms with E-state index in [9.17, 15) is 57.8 Å². The third-order valence-corrected chi connectivity index (χ3v) is 9.02. The fourth-order valence-corrected chi connectivity index (χ4v) is 5.95. The van der Waals surface area contributed by atoms with Gasteiger partial charge in [0.1, 0.15) is 18.1 Å². The molecule has 0 aliphatic rings. The Kier molecular flexibility index (Phi) is 12.9. The molecule has 4 aromatic carbocycles. The van der Waals surface area contributed by atoms with Crippen LogP contribution in [0.25, 0.3) is 33.4 Å². The van der Waals surface area contributed by atoms with Crippen molar-refractivity contribution in [1.82, 2.24) is 0 Å². The molecule has 0 radical (unpaired) electrons. The van der Waals surface area contributed by atoms with Crippen LogP contribution < -0.4 is 4.74 Å². The standard InChI is InChI=1S/C40H38F12O3/c1-23-8-11-31(25(3)16-23)27-18-28(32-12-9-24(2)17-26(32)4)20-29(19-27)33-13-10-30(21-34(33)53)55-15-7-5-6-14-54-22-36(43,44)38(47,48)40(51,52)39(49,50)37(45,46)35(41)42/h8-13,16-21,35,53H,5-7,14-15,22H2,1-4H3. The highest BCUT2D eigenvalue weighted by molar-refractivity contribution is 5.84. The highest BCUT2D eigenvalue weighted by Crippen LogP contribution is 2.58. The van der Waals surface area contributed by atoms with Crippen LogP contribution >= 0.6 is 0 Å². The first-order chi connectivity index (χ1) is 25.4. The summed E-state index contributed by atoms with van der Waals surface area (Å²) in [6, 6.07) is 23.1. The maximum Gasteiger partial charge on any atom is 0.384 e. The van der Waals surface area contributed by atoms with E-state index < -0.39 is 49.3 Å². The van der Waals surface area contributed by atoms with Gasteiger partial charge in [-0.25, -0.2) is 8.78 Å². The Hall–Kier alpha value is -4.40. The number of ether oxygens (including phenoxy) is 2. The Morgan fingerprint density at radius 1 is 0.545 bits per heavy atom. The van der Waals surface area contributed by atoms with Crippen molar-refractivity contribution in [3.8, 4) is 44.9 Å². The molecule has 0 heterocycles.